The zero-order valence-corrected chi connectivity index (χ0v) is 9.04. The lowest BCUT2D eigenvalue weighted by Crippen LogP contribution is -2.27. The van der Waals surface area contributed by atoms with E-state index in [0.29, 0.717) is 18.2 Å². The minimum Gasteiger partial charge on any atom is -0.396 e. The first-order valence-corrected chi connectivity index (χ1v) is 5.56. The van der Waals surface area contributed by atoms with Crippen LogP contribution in [0.3, 0.4) is 0 Å². The molecule has 82 valence electrons. The van der Waals surface area contributed by atoms with E-state index in [1.807, 2.05) is 7.05 Å². The van der Waals surface area contributed by atoms with Crippen molar-refractivity contribution in [3.05, 3.63) is 0 Å². The molecule has 1 aliphatic carbocycles. The Balaban J connectivity index is 1.97. The van der Waals surface area contributed by atoms with Crippen molar-refractivity contribution in [2.24, 2.45) is 5.92 Å². The molecule has 0 saturated heterocycles. The Morgan fingerprint density at radius 1 is 1.36 bits per heavy atom. The Morgan fingerprint density at radius 3 is 2.64 bits per heavy atom. The Bertz CT molecular complexity index is 178. The van der Waals surface area contributed by atoms with Gasteiger partial charge in [-0.3, -0.25) is 9.69 Å². The maximum absolute atomic E-state index is 11.4. The summed E-state index contributed by atoms with van der Waals surface area (Å²) in [7, 11) is 2.00. The van der Waals surface area contributed by atoms with Gasteiger partial charge < -0.3 is 5.11 Å². The highest BCUT2D eigenvalue weighted by Gasteiger charge is 2.29. The van der Waals surface area contributed by atoms with Gasteiger partial charge >= 0.3 is 0 Å². The molecule has 0 aromatic heterocycles. The van der Waals surface area contributed by atoms with Crippen molar-refractivity contribution in [3.63, 3.8) is 0 Å². The second-order valence-electron chi connectivity index (χ2n) is 4.26. The molecule has 1 saturated carbocycles. The van der Waals surface area contributed by atoms with Crippen LogP contribution in [0, 0.1) is 5.92 Å². The highest BCUT2D eigenvalue weighted by atomic mass is 16.2. The molecule has 1 fully saturated rings. The number of likely N-dealkylation sites (N-methyl/N-ethyl adjacent to an activating group) is 1. The molecule has 0 aromatic carbocycles. The number of carbonyl (C=O) groups excluding carboxylic acids is 1. The molecule has 3 heteroatoms. The van der Waals surface area contributed by atoms with Crippen molar-refractivity contribution in [1.29, 1.82) is 0 Å². The zero-order valence-electron chi connectivity index (χ0n) is 9.04. The lowest BCUT2D eigenvalue weighted by molar-refractivity contribution is -0.121. The summed E-state index contributed by atoms with van der Waals surface area (Å²) in [6, 6.07) is 0. The third kappa shape index (κ3) is 4.72. The standard InChI is InChI=1S/C11H21NO2/c1-12(7-3-2-4-8-13)9-11(14)10-5-6-10/h10,13H,2-9H2,1H3. The molecule has 0 spiro atoms. The normalized spacial score (nSPS) is 16.2. The topological polar surface area (TPSA) is 40.5 Å². The predicted octanol–water partition coefficient (Wildman–Crippen LogP) is 1.06. The molecule has 1 N–H and O–H groups in total. The Kier molecular flexibility index (Phi) is 5.12. The van der Waals surface area contributed by atoms with Gasteiger partial charge in [0.05, 0.1) is 6.54 Å². The monoisotopic (exact) mass is 199 g/mol. The summed E-state index contributed by atoms with van der Waals surface area (Å²) in [5.74, 6) is 0.796. The summed E-state index contributed by atoms with van der Waals surface area (Å²) >= 11 is 0. The first-order chi connectivity index (χ1) is 6.74. The van der Waals surface area contributed by atoms with Gasteiger partial charge in [0.2, 0.25) is 0 Å². The molecule has 3 nitrogen and oxygen atoms in total. The number of Topliss-reactive ketones (excluding diaryl/α,β-unsaturated/α-hetero) is 1. The van der Waals surface area contributed by atoms with E-state index in [1.165, 1.54) is 0 Å². The summed E-state index contributed by atoms with van der Waals surface area (Å²) in [6.07, 6.45) is 5.23. The van der Waals surface area contributed by atoms with Crippen LogP contribution in [0.1, 0.15) is 32.1 Å². The van der Waals surface area contributed by atoms with E-state index < -0.39 is 0 Å². The molecule has 0 unspecified atom stereocenters. The molecule has 0 bridgehead atoms. The van der Waals surface area contributed by atoms with Gasteiger partial charge in [-0.15, -0.1) is 0 Å². The highest BCUT2D eigenvalue weighted by molar-refractivity contribution is 5.84. The van der Waals surface area contributed by atoms with Crippen LogP contribution in [-0.2, 0) is 4.79 Å². The van der Waals surface area contributed by atoms with Gasteiger partial charge in [-0.25, -0.2) is 0 Å². The number of aliphatic hydroxyl groups excluding tert-OH is 1. The maximum atomic E-state index is 11.4. The van der Waals surface area contributed by atoms with E-state index in [-0.39, 0.29) is 6.61 Å². The number of carbonyl (C=O) groups is 1. The molecule has 0 radical (unpaired) electrons. The summed E-state index contributed by atoms with van der Waals surface area (Å²) in [5.41, 5.74) is 0. The van der Waals surface area contributed by atoms with E-state index in [2.05, 4.69) is 4.90 Å². The van der Waals surface area contributed by atoms with E-state index in [0.717, 1.165) is 38.6 Å². The molecule has 1 rings (SSSR count). The summed E-state index contributed by atoms with van der Waals surface area (Å²) in [4.78, 5) is 13.5. The molecule has 0 heterocycles. The number of hydrogen-bond acceptors (Lipinski definition) is 3. The lowest BCUT2D eigenvalue weighted by Gasteiger charge is -2.14. The van der Waals surface area contributed by atoms with Crippen LogP contribution in [0.15, 0.2) is 0 Å². The third-order valence-corrected chi connectivity index (χ3v) is 2.66. The number of rotatable bonds is 8. The SMILES string of the molecule is CN(CCCCCO)CC(=O)C1CC1. The number of hydrogen-bond donors (Lipinski definition) is 1. The number of ketones is 1. The summed E-state index contributed by atoms with van der Waals surface area (Å²) in [6.45, 7) is 1.87. The fraction of sp³-hybridized carbons (Fsp3) is 0.909. The summed E-state index contributed by atoms with van der Waals surface area (Å²) in [5, 5.41) is 8.59. The molecule has 1 aliphatic rings. The first-order valence-electron chi connectivity index (χ1n) is 5.56. The van der Waals surface area contributed by atoms with Gasteiger partial charge in [-0.2, -0.15) is 0 Å². The predicted molar refractivity (Wildman–Crippen MR) is 56.2 cm³/mol. The van der Waals surface area contributed by atoms with Crippen LogP contribution in [0.2, 0.25) is 0 Å². The minimum atomic E-state index is 0.282. The van der Waals surface area contributed by atoms with Gasteiger partial charge in [0, 0.05) is 12.5 Å². The van der Waals surface area contributed by atoms with Crippen molar-refractivity contribution in [1.82, 2.24) is 4.90 Å². The number of aliphatic hydroxyl groups is 1. The Hall–Kier alpha value is -0.410. The quantitative estimate of drug-likeness (QED) is 0.594. The average Bonchev–Trinajstić information content (AvgIpc) is 2.95. The van der Waals surface area contributed by atoms with E-state index in [9.17, 15) is 4.79 Å². The van der Waals surface area contributed by atoms with E-state index in [1.54, 1.807) is 0 Å². The maximum Gasteiger partial charge on any atom is 0.149 e. The molecule has 0 atom stereocenters. The van der Waals surface area contributed by atoms with Crippen LogP contribution >= 0.6 is 0 Å². The smallest absolute Gasteiger partial charge is 0.149 e. The van der Waals surface area contributed by atoms with Gasteiger partial charge in [0.15, 0.2) is 0 Å². The number of unbranched alkanes of at least 4 members (excludes halogenated alkanes) is 2. The second kappa shape index (κ2) is 6.14. The molecular formula is C11H21NO2. The van der Waals surface area contributed by atoms with Crippen molar-refractivity contribution in [2.75, 3.05) is 26.7 Å². The van der Waals surface area contributed by atoms with Gasteiger partial charge in [-0.1, -0.05) is 0 Å². The minimum absolute atomic E-state index is 0.282. The number of nitrogens with zero attached hydrogens (tertiary/aromatic N) is 1. The third-order valence-electron chi connectivity index (χ3n) is 2.66. The van der Waals surface area contributed by atoms with Crippen molar-refractivity contribution >= 4 is 5.78 Å². The molecule has 14 heavy (non-hydrogen) atoms. The van der Waals surface area contributed by atoms with E-state index in [4.69, 9.17) is 5.11 Å². The fourth-order valence-corrected chi connectivity index (χ4v) is 1.55. The molecule has 0 amide bonds. The van der Waals surface area contributed by atoms with Crippen LogP contribution < -0.4 is 0 Å². The van der Waals surface area contributed by atoms with Crippen LogP contribution in [0.5, 0.6) is 0 Å². The van der Waals surface area contributed by atoms with Crippen molar-refractivity contribution < 1.29 is 9.90 Å². The largest absolute Gasteiger partial charge is 0.396 e. The zero-order chi connectivity index (χ0) is 10.4. The van der Waals surface area contributed by atoms with Gasteiger partial charge in [0.1, 0.15) is 5.78 Å². The molecule has 0 aromatic rings. The molecule has 0 aliphatic heterocycles. The van der Waals surface area contributed by atoms with Crippen LogP contribution in [-0.4, -0.2) is 42.5 Å². The fourth-order valence-electron chi connectivity index (χ4n) is 1.55. The summed E-state index contributed by atoms with van der Waals surface area (Å²) < 4.78 is 0. The second-order valence-corrected chi connectivity index (χ2v) is 4.26. The van der Waals surface area contributed by atoms with Crippen molar-refractivity contribution in [2.45, 2.75) is 32.1 Å². The average molecular weight is 199 g/mol. The van der Waals surface area contributed by atoms with Gasteiger partial charge in [0.25, 0.3) is 0 Å². The Labute approximate surface area is 86.1 Å². The Morgan fingerprint density at radius 2 is 2.07 bits per heavy atom. The van der Waals surface area contributed by atoms with Gasteiger partial charge in [-0.05, 0) is 45.7 Å². The van der Waals surface area contributed by atoms with E-state index >= 15 is 0 Å². The highest BCUT2D eigenvalue weighted by Crippen LogP contribution is 2.29. The van der Waals surface area contributed by atoms with Crippen molar-refractivity contribution in [3.8, 4) is 0 Å². The molecular weight excluding hydrogens is 178 g/mol. The lowest BCUT2D eigenvalue weighted by atomic mass is 10.2. The first kappa shape index (κ1) is 11.7. The van der Waals surface area contributed by atoms with Crippen LogP contribution in [0.25, 0.3) is 0 Å². The van der Waals surface area contributed by atoms with Crippen LogP contribution in [0.4, 0.5) is 0 Å².